The van der Waals surface area contributed by atoms with Crippen molar-refractivity contribution in [1.29, 1.82) is 0 Å². The predicted molar refractivity (Wildman–Crippen MR) is 75.9 cm³/mol. The Kier molecular flexibility index (Phi) is 4.51. The molecule has 1 heterocycles. The molecule has 1 unspecified atom stereocenters. The summed E-state index contributed by atoms with van der Waals surface area (Å²) in [6.45, 7) is 4.68. The molecule has 1 aromatic carbocycles. The van der Waals surface area contributed by atoms with Crippen LogP contribution in [0, 0.1) is 12.7 Å². The molecule has 0 saturated carbocycles. The van der Waals surface area contributed by atoms with Crippen molar-refractivity contribution in [2.75, 3.05) is 6.54 Å². The lowest BCUT2D eigenvalue weighted by Crippen LogP contribution is -2.24. The van der Waals surface area contributed by atoms with Gasteiger partial charge in [0.1, 0.15) is 5.82 Å². The molecule has 0 aliphatic heterocycles. The van der Waals surface area contributed by atoms with E-state index in [0.717, 1.165) is 17.8 Å². The summed E-state index contributed by atoms with van der Waals surface area (Å²) >= 11 is 5.80. The standard InChI is InChI=1S/C15H16ClFN2/c1-3-18-15(14-10(2)5-4-8-19-14)12-7-6-11(16)9-13(12)17/h4-9,15,18H,3H2,1-2H3. The van der Waals surface area contributed by atoms with E-state index < -0.39 is 0 Å². The molecule has 0 saturated heterocycles. The van der Waals surface area contributed by atoms with Gasteiger partial charge in [-0.2, -0.15) is 0 Å². The molecule has 19 heavy (non-hydrogen) atoms. The summed E-state index contributed by atoms with van der Waals surface area (Å²) in [5.41, 5.74) is 2.43. The van der Waals surface area contributed by atoms with Gasteiger partial charge in [-0.3, -0.25) is 4.98 Å². The smallest absolute Gasteiger partial charge is 0.129 e. The molecule has 2 rings (SSSR count). The van der Waals surface area contributed by atoms with E-state index >= 15 is 0 Å². The quantitative estimate of drug-likeness (QED) is 0.918. The van der Waals surface area contributed by atoms with Crippen molar-refractivity contribution in [3.63, 3.8) is 0 Å². The molecule has 2 nitrogen and oxygen atoms in total. The molecular weight excluding hydrogens is 263 g/mol. The summed E-state index contributed by atoms with van der Waals surface area (Å²) in [4.78, 5) is 4.37. The van der Waals surface area contributed by atoms with E-state index in [1.807, 2.05) is 26.0 Å². The van der Waals surface area contributed by atoms with E-state index in [2.05, 4.69) is 10.3 Å². The Morgan fingerprint density at radius 3 is 2.79 bits per heavy atom. The van der Waals surface area contributed by atoms with Crippen molar-refractivity contribution in [1.82, 2.24) is 10.3 Å². The zero-order chi connectivity index (χ0) is 13.8. The van der Waals surface area contributed by atoms with Gasteiger partial charge >= 0.3 is 0 Å². The molecule has 1 N–H and O–H groups in total. The van der Waals surface area contributed by atoms with E-state index in [9.17, 15) is 4.39 Å². The zero-order valence-corrected chi connectivity index (χ0v) is 11.7. The van der Waals surface area contributed by atoms with Gasteiger partial charge in [0.25, 0.3) is 0 Å². The summed E-state index contributed by atoms with van der Waals surface area (Å²) in [5, 5.41) is 3.67. The summed E-state index contributed by atoms with van der Waals surface area (Å²) in [6.07, 6.45) is 1.72. The second-order valence-electron chi connectivity index (χ2n) is 4.36. The average Bonchev–Trinajstić information content (AvgIpc) is 2.38. The van der Waals surface area contributed by atoms with Crippen LogP contribution in [0.25, 0.3) is 0 Å². The van der Waals surface area contributed by atoms with Crippen molar-refractivity contribution in [3.05, 3.63) is 64.2 Å². The van der Waals surface area contributed by atoms with Gasteiger partial charge < -0.3 is 5.32 Å². The second kappa shape index (κ2) is 6.13. The van der Waals surface area contributed by atoms with Crippen molar-refractivity contribution >= 4 is 11.6 Å². The number of hydrogen-bond donors (Lipinski definition) is 1. The predicted octanol–water partition coefficient (Wildman–Crippen LogP) is 3.88. The van der Waals surface area contributed by atoms with E-state index in [4.69, 9.17) is 11.6 Å². The van der Waals surface area contributed by atoms with Crippen LogP contribution in [0.2, 0.25) is 5.02 Å². The summed E-state index contributed by atoms with van der Waals surface area (Å²) < 4.78 is 14.1. The van der Waals surface area contributed by atoms with Gasteiger partial charge in [-0.05, 0) is 37.2 Å². The van der Waals surface area contributed by atoms with Crippen molar-refractivity contribution < 1.29 is 4.39 Å². The minimum absolute atomic E-state index is 0.261. The Bertz CT molecular complexity index is 572. The van der Waals surface area contributed by atoms with Crippen LogP contribution in [0.1, 0.15) is 29.8 Å². The molecule has 1 aromatic heterocycles. The largest absolute Gasteiger partial charge is 0.305 e. The minimum atomic E-state index is -0.316. The Hall–Kier alpha value is -1.45. The highest BCUT2D eigenvalue weighted by molar-refractivity contribution is 6.30. The van der Waals surface area contributed by atoms with Gasteiger partial charge in [0.05, 0.1) is 11.7 Å². The van der Waals surface area contributed by atoms with Crippen LogP contribution >= 0.6 is 11.6 Å². The van der Waals surface area contributed by atoms with E-state index in [0.29, 0.717) is 10.6 Å². The van der Waals surface area contributed by atoms with Crippen LogP contribution < -0.4 is 5.32 Å². The fraction of sp³-hybridized carbons (Fsp3) is 0.267. The van der Waals surface area contributed by atoms with Crippen molar-refractivity contribution in [3.8, 4) is 0 Å². The number of halogens is 2. The molecule has 2 aromatic rings. The van der Waals surface area contributed by atoms with Gasteiger partial charge in [0.15, 0.2) is 0 Å². The number of aromatic nitrogens is 1. The molecule has 0 aliphatic rings. The third-order valence-corrected chi connectivity index (χ3v) is 3.24. The van der Waals surface area contributed by atoms with Crippen molar-refractivity contribution in [2.24, 2.45) is 0 Å². The summed E-state index contributed by atoms with van der Waals surface area (Å²) in [6, 6.07) is 8.32. The molecule has 0 amide bonds. The molecule has 0 spiro atoms. The Labute approximate surface area is 117 Å². The molecule has 100 valence electrons. The third kappa shape index (κ3) is 3.11. The van der Waals surface area contributed by atoms with Crippen LogP contribution in [-0.4, -0.2) is 11.5 Å². The van der Waals surface area contributed by atoms with Crippen molar-refractivity contribution in [2.45, 2.75) is 19.9 Å². The number of pyridine rings is 1. The van der Waals surface area contributed by atoms with E-state index in [1.54, 1.807) is 18.3 Å². The topological polar surface area (TPSA) is 24.9 Å². The summed E-state index contributed by atoms with van der Waals surface area (Å²) in [5.74, 6) is -0.316. The number of aryl methyl sites for hydroxylation is 1. The van der Waals surface area contributed by atoms with Crippen LogP contribution in [0.3, 0.4) is 0 Å². The molecule has 0 radical (unpaired) electrons. The number of rotatable bonds is 4. The third-order valence-electron chi connectivity index (χ3n) is 3.01. The molecule has 0 bridgehead atoms. The molecule has 0 aliphatic carbocycles. The Balaban J connectivity index is 2.48. The second-order valence-corrected chi connectivity index (χ2v) is 4.80. The van der Waals surface area contributed by atoms with Crippen LogP contribution in [0.5, 0.6) is 0 Å². The first-order valence-corrected chi connectivity index (χ1v) is 6.61. The Morgan fingerprint density at radius 2 is 2.16 bits per heavy atom. The summed E-state index contributed by atoms with van der Waals surface area (Å²) in [7, 11) is 0. The number of benzene rings is 1. The molecule has 0 fully saturated rings. The van der Waals surface area contributed by atoms with Gasteiger partial charge in [-0.25, -0.2) is 4.39 Å². The number of nitrogens with zero attached hydrogens (tertiary/aromatic N) is 1. The molecular formula is C15H16ClFN2. The fourth-order valence-corrected chi connectivity index (χ4v) is 2.25. The lowest BCUT2D eigenvalue weighted by atomic mass is 9.99. The van der Waals surface area contributed by atoms with Crippen LogP contribution in [0.15, 0.2) is 36.5 Å². The van der Waals surface area contributed by atoms with Gasteiger partial charge in [-0.1, -0.05) is 30.7 Å². The normalized spacial score (nSPS) is 12.4. The fourth-order valence-electron chi connectivity index (χ4n) is 2.09. The maximum atomic E-state index is 14.1. The SMILES string of the molecule is CCNC(c1ccc(Cl)cc1F)c1ncccc1C. The lowest BCUT2D eigenvalue weighted by Gasteiger charge is -2.20. The maximum Gasteiger partial charge on any atom is 0.129 e. The number of hydrogen-bond acceptors (Lipinski definition) is 2. The first-order chi connectivity index (χ1) is 9.13. The van der Waals surface area contributed by atoms with Crippen LogP contribution in [0.4, 0.5) is 4.39 Å². The molecule has 4 heteroatoms. The minimum Gasteiger partial charge on any atom is -0.305 e. The lowest BCUT2D eigenvalue weighted by molar-refractivity contribution is 0.550. The van der Waals surface area contributed by atoms with Gasteiger partial charge in [0, 0.05) is 16.8 Å². The highest BCUT2D eigenvalue weighted by atomic mass is 35.5. The highest BCUT2D eigenvalue weighted by Crippen LogP contribution is 2.26. The van der Waals surface area contributed by atoms with Gasteiger partial charge in [-0.15, -0.1) is 0 Å². The average molecular weight is 279 g/mol. The van der Waals surface area contributed by atoms with E-state index in [1.165, 1.54) is 6.07 Å². The highest BCUT2D eigenvalue weighted by Gasteiger charge is 2.19. The first kappa shape index (κ1) is 14.0. The monoisotopic (exact) mass is 278 g/mol. The zero-order valence-electron chi connectivity index (χ0n) is 11.0. The Morgan fingerprint density at radius 1 is 1.37 bits per heavy atom. The van der Waals surface area contributed by atoms with Crippen LogP contribution in [-0.2, 0) is 0 Å². The van der Waals surface area contributed by atoms with Gasteiger partial charge in [0.2, 0.25) is 0 Å². The number of nitrogens with one attached hydrogen (secondary N) is 1. The maximum absolute atomic E-state index is 14.1. The van der Waals surface area contributed by atoms with E-state index in [-0.39, 0.29) is 11.9 Å². The molecule has 1 atom stereocenters. The first-order valence-electron chi connectivity index (χ1n) is 6.23.